The number of hydrazine groups is 1. The summed E-state index contributed by atoms with van der Waals surface area (Å²) in [4.78, 5) is 12.4. The maximum atomic E-state index is 5.55. The summed E-state index contributed by atoms with van der Waals surface area (Å²) in [6.07, 6.45) is 4.00. The summed E-state index contributed by atoms with van der Waals surface area (Å²) in [6, 6.07) is 5.22. The quantitative estimate of drug-likeness (QED) is 0.612. The molecule has 2 aromatic heterocycles. The van der Waals surface area contributed by atoms with E-state index in [1.165, 1.54) is 0 Å². The van der Waals surface area contributed by atoms with Crippen LogP contribution in [-0.2, 0) is 6.42 Å². The molecule has 2 rings (SSSR count). The van der Waals surface area contributed by atoms with E-state index in [2.05, 4.69) is 20.4 Å². The third-order valence-corrected chi connectivity index (χ3v) is 2.07. The number of nitrogens with zero attached hydrogens (tertiary/aromatic N) is 3. The highest BCUT2D eigenvalue weighted by atomic mass is 16.5. The second-order valence-electron chi connectivity index (χ2n) is 3.30. The summed E-state index contributed by atoms with van der Waals surface area (Å²) in [5.41, 5.74) is 2.48. The lowest BCUT2D eigenvalue weighted by atomic mass is 10.4. The summed E-state index contributed by atoms with van der Waals surface area (Å²) in [5, 5.41) is 0. The largest absolute Gasteiger partial charge is 0.437 e. The Kier molecular flexibility index (Phi) is 3.46. The van der Waals surface area contributed by atoms with Gasteiger partial charge < -0.3 is 10.2 Å². The van der Waals surface area contributed by atoms with E-state index in [9.17, 15) is 0 Å². The van der Waals surface area contributed by atoms with Crippen LogP contribution >= 0.6 is 0 Å². The molecule has 0 saturated heterocycles. The van der Waals surface area contributed by atoms with Crippen LogP contribution in [0.1, 0.15) is 12.7 Å². The number of hydrogen-bond donors (Lipinski definition) is 2. The van der Waals surface area contributed by atoms with Crippen molar-refractivity contribution in [3.63, 3.8) is 0 Å². The van der Waals surface area contributed by atoms with Crippen LogP contribution in [-0.4, -0.2) is 15.0 Å². The third kappa shape index (κ3) is 2.88. The van der Waals surface area contributed by atoms with Gasteiger partial charge in [0.05, 0.1) is 6.20 Å². The van der Waals surface area contributed by atoms with Crippen LogP contribution in [0.2, 0.25) is 0 Å². The maximum absolute atomic E-state index is 5.55. The molecule has 0 aliphatic carbocycles. The molecule has 2 aromatic rings. The molecule has 0 radical (unpaired) electrons. The first kappa shape index (κ1) is 11.3. The molecule has 0 aromatic carbocycles. The molecular formula is C11H13N5O. The van der Waals surface area contributed by atoms with Gasteiger partial charge in [-0.05, 0) is 12.1 Å². The monoisotopic (exact) mass is 231 g/mol. The van der Waals surface area contributed by atoms with Gasteiger partial charge in [0, 0.05) is 18.7 Å². The number of nitrogen functional groups attached to an aromatic ring is 1. The zero-order chi connectivity index (χ0) is 12.1. The summed E-state index contributed by atoms with van der Waals surface area (Å²) in [5.74, 6) is 7.58. The van der Waals surface area contributed by atoms with Crippen LogP contribution < -0.4 is 16.0 Å². The first-order valence-corrected chi connectivity index (χ1v) is 5.24. The average molecular weight is 231 g/mol. The Balaban J connectivity index is 2.26. The van der Waals surface area contributed by atoms with E-state index in [-0.39, 0.29) is 0 Å². The number of rotatable bonds is 4. The minimum Gasteiger partial charge on any atom is -0.437 e. The van der Waals surface area contributed by atoms with E-state index < -0.39 is 0 Å². The minimum absolute atomic E-state index is 0.442. The molecule has 0 spiro atoms. The van der Waals surface area contributed by atoms with Crippen molar-refractivity contribution in [1.82, 2.24) is 15.0 Å². The molecule has 0 atom stereocenters. The van der Waals surface area contributed by atoms with Gasteiger partial charge in [0.1, 0.15) is 17.4 Å². The van der Waals surface area contributed by atoms with Crippen molar-refractivity contribution in [3.05, 3.63) is 36.4 Å². The van der Waals surface area contributed by atoms with Gasteiger partial charge in [0.25, 0.3) is 0 Å². The maximum Gasteiger partial charge on any atom is 0.224 e. The molecule has 88 valence electrons. The van der Waals surface area contributed by atoms with Crippen molar-refractivity contribution in [2.45, 2.75) is 13.3 Å². The Bertz CT molecular complexity index is 466. The Morgan fingerprint density at radius 1 is 1.41 bits per heavy atom. The number of anilines is 1. The van der Waals surface area contributed by atoms with Crippen LogP contribution in [0.3, 0.4) is 0 Å². The molecule has 0 aliphatic heterocycles. The number of nitrogens with two attached hydrogens (primary N) is 1. The Morgan fingerprint density at radius 2 is 2.29 bits per heavy atom. The molecule has 6 nitrogen and oxygen atoms in total. The molecule has 3 N–H and O–H groups in total. The van der Waals surface area contributed by atoms with Gasteiger partial charge in [-0.25, -0.2) is 10.8 Å². The SMILES string of the molecule is CCc1nc(NN)cc(Oc2cccnc2)n1. The van der Waals surface area contributed by atoms with E-state index in [1.807, 2.05) is 6.92 Å². The van der Waals surface area contributed by atoms with Crippen molar-refractivity contribution in [1.29, 1.82) is 0 Å². The molecule has 0 amide bonds. The standard InChI is InChI=1S/C11H13N5O/c1-2-9-14-10(16-12)6-11(15-9)17-8-4-3-5-13-7-8/h3-7H,2,12H2,1H3,(H,14,15,16). The zero-order valence-electron chi connectivity index (χ0n) is 9.42. The van der Waals surface area contributed by atoms with Gasteiger partial charge in [0.2, 0.25) is 5.88 Å². The van der Waals surface area contributed by atoms with Gasteiger partial charge in [-0.1, -0.05) is 6.92 Å². The van der Waals surface area contributed by atoms with Crippen molar-refractivity contribution in [2.75, 3.05) is 5.43 Å². The van der Waals surface area contributed by atoms with Gasteiger partial charge in [0.15, 0.2) is 0 Å². The lowest BCUT2D eigenvalue weighted by Crippen LogP contribution is -2.10. The smallest absolute Gasteiger partial charge is 0.224 e. The van der Waals surface area contributed by atoms with Gasteiger partial charge >= 0.3 is 0 Å². The molecule has 0 saturated carbocycles. The fourth-order valence-corrected chi connectivity index (χ4v) is 1.29. The number of pyridine rings is 1. The second-order valence-corrected chi connectivity index (χ2v) is 3.30. The molecule has 2 heterocycles. The van der Waals surface area contributed by atoms with E-state index >= 15 is 0 Å². The van der Waals surface area contributed by atoms with Crippen LogP contribution in [0, 0.1) is 0 Å². The number of aryl methyl sites for hydroxylation is 1. The number of ether oxygens (including phenoxy) is 1. The average Bonchev–Trinajstić information content (AvgIpc) is 2.39. The summed E-state index contributed by atoms with van der Waals surface area (Å²) < 4.78 is 5.55. The van der Waals surface area contributed by atoms with Crippen molar-refractivity contribution in [2.24, 2.45) is 5.84 Å². The minimum atomic E-state index is 0.442. The van der Waals surface area contributed by atoms with Crippen LogP contribution in [0.4, 0.5) is 5.82 Å². The molecule has 0 aliphatic rings. The highest BCUT2D eigenvalue weighted by molar-refractivity contribution is 5.38. The summed E-state index contributed by atoms with van der Waals surface area (Å²) in [7, 11) is 0. The molecule has 6 heteroatoms. The lowest BCUT2D eigenvalue weighted by Gasteiger charge is -2.07. The first-order valence-electron chi connectivity index (χ1n) is 5.24. The van der Waals surface area contributed by atoms with E-state index in [0.29, 0.717) is 29.7 Å². The van der Waals surface area contributed by atoms with E-state index in [0.717, 1.165) is 0 Å². The van der Waals surface area contributed by atoms with Crippen molar-refractivity contribution >= 4 is 5.82 Å². The predicted octanol–water partition coefficient (Wildman–Crippen LogP) is 1.51. The molecule has 0 unspecified atom stereocenters. The third-order valence-electron chi connectivity index (χ3n) is 2.07. The first-order chi connectivity index (χ1) is 8.31. The molecule has 17 heavy (non-hydrogen) atoms. The highest BCUT2D eigenvalue weighted by Gasteiger charge is 2.04. The second kappa shape index (κ2) is 5.22. The van der Waals surface area contributed by atoms with Crippen molar-refractivity contribution in [3.8, 4) is 11.6 Å². The van der Waals surface area contributed by atoms with Crippen LogP contribution in [0.25, 0.3) is 0 Å². The Hall–Kier alpha value is -2.21. The van der Waals surface area contributed by atoms with Gasteiger partial charge in [-0.3, -0.25) is 4.98 Å². The number of nitrogens with one attached hydrogen (secondary N) is 1. The Morgan fingerprint density at radius 3 is 2.94 bits per heavy atom. The summed E-state index contributed by atoms with van der Waals surface area (Å²) >= 11 is 0. The number of aromatic nitrogens is 3. The predicted molar refractivity (Wildman–Crippen MR) is 63.5 cm³/mol. The van der Waals surface area contributed by atoms with Crippen molar-refractivity contribution < 1.29 is 4.74 Å². The fourth-order valence-electron chi connectivity index (χ4n) is 1.29. The highest BCUT2D eigenvalue weighted by Crippen LogP contribution is 2.20. The van der Waals surface area contributed by atoms with Gasteiger partial charge in [-0.2, -0.15) is 4.98 Å². The van der Waals surface area contributed by atoms with Crippen LogP contribution in [0.15, 0.2) is 30.6 Å². The van der Waals surface area contributed by atoms with E-state index in [4.69, 9.17) is 10.6 Å². The topological polar surface area (TPSA) is 86.0 Å². The van der Waals surface area contributed by atoms with E-state index in [1.54, 1.807) is 30.6 Å². The fraction of sp³-hybridized carbons (Fsp3) is 0.182. The zero-order valence-corrected chi connectivity index (χ0v) is 9.42. The molecule has 0 bridgehead atoms. The molecule has 0 fully saturated rings. The summed E-state index contributed by atoms with van der Waals surface area (Å²) in [6.45, 7) is 1.96. The molecular weight excluding hydrogens is 218 g/mol. The lowest BCUT2D eigenvalue weighted by molar-refractivity contribution is 0.457. The van der Waals surface area contributed by atoms with Crippen LogP contribution in [0.5, 0.6) is 11.6 Å². The van der Waals surface area contributed by atoms with Gasteiger partial charge in [-0.15, -0.1) is 0 Å². The Labute approximate surface area is 98.9 Å². The number of hydrogen-bond acceptors (Lipinski definition) is 6. The normalized spacial score (nSPS) is 10.0.